The minimum absolute atomic E-state index is 0.0464. The summed E-state index contributed by atoms with van der Waals surface area (Å²) in [6.45, 7) is 3.36. The molecule has 1 atom stereocenters. The van der Waals surface area contributed by atoms with E-state index < -0.39 is 5.91 Å². The van der Waals surface area contributed by atoms with Crippen molar-refractivity contribution in [3.05, 3.63) is 77.6 Å². The SMILES string of the molecule is NC(=O)c1cnc2c(Nc3ccc(C(=O)N4CCOCC4)cc3)nc(N3CCC[C@@H](NC(=O)c4ccccc4)C3)nn12. The molecule has 2 aromatic carbocycles. The van der Waals surface area contributed by atoms with Crippen LogP contribution in [0.2, 0.25) is 0 Å². The Morgan fingerprint density at radius 2 is 1.71 bits per heavy atom. The van der Waals surface area contributed by atoms with Gasteiger partial charge >= 0.3 is 0 Å². The molecule has 13 heteroatoms. The Hall–Kier alpha value is -5.04. The molecule has 13 nitrogen and oxygen atoms in total. The normalized spacial score (nSPS) is 17.2. The van der Waals surface area contributed by atoms with E-state index in [9.17, 15) is 14.4 Å². The lowest BCUT2D eigenvalue weighted by Crippen LogP contribution is -2.48. The topological polar surface area (TPSA) is 160 Å². The smallest absolute Gasteiger partial charge is 0.269 e. The summed E-state index contributed by atoms with van der Waals surface area (Å²) in [6, 6.07) is 16.1. The third-order valence-electron chi connectivity index (χ3n) is 7.37. The number of morpholine rings is 1. The number of hydrogen-bond acceptors (Lipinski definition) is 9. The molecular weight excluding hydrogens is 538 g/mol. The number of ether oxygens (including phenoxy) is 1. The Kier molecular flexibility index (Phi) is 7.64. The third kappa shape index (κ3) is 5.72. The van der Waals surface area contributed by atoms with Gasteiger partial charge in [-0.2, -0.15) is 4.98 Å². The van der Waals surface area contributed by atoms with Gasteiger partial charge in [0.05, 0.1) is 19.4 Å². The van der Waals surface area contributed by atoms with Gasteiger partial charge in [-0.05, 0) is 49.2 Å². The fraction of sp³-hybridized carbons (Fsp3) is 0.310. The Morgan fingerprint density at radius 3 is 2.45 bits per heavy atom. The van der Waals surface area contributed by atoms with Gasteiger partial charge < -0.3 is 30.9 Å². The van der Waals surface area contributed by atoms with Crippen LogP contribution in [-0.2, 0) is 4.74 Å². The Labute approximate surface area is 241 Å². The van der Waals surface area contributed by atoms with Crippen molar-refractivity contribution in [1.82, 2.24) is 29.8 Å². The molecular formula is C29H31N9O4. The van der Waals surface area contributed by atoms with Crippen LogP contribution in [0.4, 0.5) is 17.5 Å². The molecule has 0 spiro atoms. The zero-order chi connectivity index (χ0) is 29.1. The quantitative estimate of drug-likeness (QED) is 0.302. The zero-order valence-corrected chi connectivity index (χ0v) is 22.9. The Bertz CT molecular complexity index is 1600. The van der Waals surface area contributed by atoms with Crippen LogP contribution in [0.25, 0.3) is 5.65 Å². The van der Waals surface area contributed by atoms with Crippen LogP contribution >= 0.6 is 0 Å². The average molecular weight is 570 g/mol. The summed E-state index contributed by atoms with van der Waals surface area (Å²) in [7, 11) is 0. The first kappa shape index (κ1) is 27.1. The molecule has 4 aromatic rings. The molecule has 0 bridgehead atoms. The number of aromatic nitrogens is 4. The number of fused-ring (bicyclic) bond motifs is 1. The molecule has 0 aliphatic carbocycles. The highest BCUT2D eigenvalue weighted by molar-refractivity contribution is 5.95. The highest BCUT2D eigenvalue weighted by Gasteiger charge is 2.26. The van der Waals surface area contributed by atoms with E-state index in [1.807, 2.05) is 23.1 Å². The predicted molar refractivity (Wildman–Crippen MR) is 155 cm³/mol. The van der Waals surface area contributed by atoms with Gasteiger partial charge in [0.1, 0.15) is 0 Å². The van der Waals surface area contributed by atoms with Crippen molar-refractivity contribution in [2.45, 2.75) is 18.9 Å². The van der Waals surface area contributed by atoms with Crippen molar-refractivity contribution in [3.63, 3.8) is 0 Å². The number of piperidine rings is 1. The number of rotatable bonds is 7. The van der Waals surface area contributed by atoms with Gasteiger partial charge in [-0.15, -0.1) is 5.10 Å². The number of imidazole rings is 1. The van der Waals surface area contributed by atoms with Gasteiger partial charge in [0.2, 0.25) is 5.95 Å². The number of amides is 3. The molecule has 0 saturated carbocycles. The van der Waals surface area contributed by atoms with E-state index in [1.165, 1.54) is 10.7 Å². The summed E-state index contributed by atoms with van der Waals surface area (Å²) in [4.78, 5) is 50.6. The summed E-state index contributed by atoms with van der Waals surface area (Å²) < 4.78 is 6.73. The summed E-state index contributed by atoms with van der Waals surface area (Å²) in [5.74, 6) is -0.119. The lowest BCUT2D eigenvalue weighted by molar-refractivity contribution is 0.0303. The Balaban J connectivity index is 1.24. The maximum Gasteiger partial charge on any atom is 0.269 e. The van der Waals surface area contributed by atoms with Crippen LogP contribution in [-0.4, -0.2) is 87.6 Å². The van der Waals surface area contributed by atoms with E-state index in [-0.39, 0.29) is 23.6 Å². The largest absolute Gasteiger partial charge is 0.378 e. The highest BCUT2D eigenvalue weighted by atomic mass is 16.5. The van der Waals surface area contributed by atoms with Gasteiger partial charge in [-0.1, -0.05) is 18.2 Å². The van der Waals surface area contributed by atoms with Crippen LogP contribution < -0.4 is 21.3 Å². The molecule has 2 fully saturated rings. The van der Waals surface area contributed by atoms with Crippen LogP contribution in [0.5, 0.6) is 0 Å². The summed E-state index contributed by atoms with van der Waals surface area (Å²) in [5.41, 5.74) is 7.90. The first-order valence-electron chi connectivity index (χ1n) is 13.9. The first-order valence-corrected chi connectivity index (χ1v) is 13.9. The Morgan fingerprint density at radius 1 is 0.952 bits per heavy atom. The molecule has 2 saturated heterocycles. The molecule has 2 aliphatic rings. The van der Waals surface area contributed by atoms with Gasteiger partial charge in [0.25, 0.3) is 17.7 Å². The maximum atomic E-state index is 12.8. The minimum Gasteiger partial charge on any atom is -0.378 e. The van der Waals surface area contributed by atoms with Gasteiger partial charge in [-0.25, -0.2) is 9.50 Å². The molecule has 4 N–H and O–H groups in total. The molecule has 42 heavy (non-hydrogen) atoms. The van der Waals surface area contributed by atoms with Crippen molar-refractivity contribution in [2.24, 2.45) is 5.73 Å². The number of benzene rings is 2. The molecule has 3 amide bonds. The zero-order valence-electron chi connectivity index (χ0n) is 22.9. The van der Waals surface area contributed by atoms with Crippen LogP contribution in [0, 0.1) is 0 Å². The molecule has 2 aliphatic heterocycles. The summed E-state index contributed by atoms with van der Waals surface area (Å²) in [5, 5.41) is 11.0. The summed E-state index contributed by atoms with van der Waals surface area (Å²) >= 11 is 0. The van der Waals surface area contributed by atoms with E-state index in [4.69, 9.17) is 15.5 Å². The number of hydrogen-bond donors (Lipinski definition) is 3. The van der Waals surface area contributed by atoms with Gasteiger partial charge in [0.15, 0.2) is 17.2 Å². The molecule has 4 heterocycles. The van der Waals surface area contributed by atoms with Crippen molar-refractivity contribution in [3.8, 4) is 0 Å². The van der Waals surface area contributed by atoms with Crippen LogP contribution in [0.1, 0.15) is 44.0 Å². The monoisotopic (exact) mass is 569 g/mol. The molecule has 0 radical (unpaired) electrons. The number of anilines is 3. The molecule has 216 valence electrons. The average Bonchev–Trinajstić information content (AvgIpc) is 3.47. The van der Waals surface area contributed by atoms with Gasteiger partial charge in [-0.3, -0.25) is 14.4 Å². The standard InChI is InChI=1S/C29H31N9O4/c30-24(39)23-17-31-26-25(32-21-10-8-20(9-11-21)28(41)36-13-15-42-16-14-36)34-29(35-38(23)26)37-12-4-7-22(18-37)33-27(40)19-5-2-1-3-6-19/h1-3,5-6,8-11,17,22H,4,7,12-16,18H2,(H2,30,39)(H,33,40)(H,32,34,35)/t22-/m1/s1. The van der Waals surface area contributed by atoms with Crippen molar-refractivity contribution in [1.29, 1.82) is 0 Å². The third-order valence-corrected chi connectivity index (χ3v) is 7.37. The van der Waals surface area contributed by atoms with Crippen molar-refractivity contribution < 1.29 is 19.1 Å². The number of carbonyl (C=O) groups is 3. The van der Waals surface area contributed by atoms with Gasteiger partial charge in [0, 0.05) is 49.0 Å². The van der Waals surface area contributed by atoms with E-state index in [1.54, 1.807) is 41.3 Å². The van der Waals surface area contributed by atoms with E-state index in [0.29, 0.717) is 73.6 Å². The molecule has 2 aromatic heterocycles. The second kappa shape index (κ2) is 11.8. The second-order valence-corrected chi connectivity index (χ2v) is 10.2. The van der Waals surface area contributed by atoms with E-state index in [2.05, 4.69) is 20.7 Å². The molecule has 0 unspecified atom stereocenters. The molecule has 6 rings (SSSR count). The van der Waals surface area contributed by atoms with Crippen LogP contribution in [0.3, 0.4) is 0 Å². The van der Waals surface area contributed by atoms with Crippen LogP contribution in [0.15, 0.2) is 60.8 Å². The fourth-order valence-corrected chi connectivity index (χ4v) is 5.17. The number of nitrogens with two attached hydrogens (primary N) is 1. The van der Waals surface area contributed by atoms with Crippen molar-refractivity contribution in [2.75, 3.05) is 49.6 Å². The van der Waals surface area contributed by atoms with E-state index >= 15 is 0 Å². The number of nitrogens with one attached hydrogen (secondary N) is 2. The van der Waals surface area contributed by atoms with E-state index in [0.717, 1.165) is 12.8 Å². The lowest BCUT2D eigenvalue weighted by Gasteiger charge is -2.33. The highest BCUT2D eigenvalue weighted by Crippen LogP contribution is 2.25. The lowest BCUT2D eigenvalue weighted by atomic mass is 10.1. The number of primary amides is 1. The summed E-state index contributed by atoms with van der Waals surface area (Å²) in [6.07, 6.45) is 3.00. The van der Waals surface area contributed by atoms with Crippen molar-refractivity contribution >= 4 is 40.8 Å². The predicted octanol–water partition coefficient (Wildman–Crippen LogP) is 1.84. The minimum atomic E-state index is -0.671. The fourth-order valence-electron chi connectivity index (χ4n) is 5.17. The first-order chi connectivity index (χ1) is 20.5. The number of carbonyl (C=O) groups excluding carboxylic acids is 3. The number of nitrogens with zero attached hydrogens (tertiary/aromatic N) is 6. The maximum absolute atomic E-state index is 12.8. The second-order valence-electron chi connectivity index (χ2n) is 10.2.